The zero-order valence-electron chi connectivity index (χ0n) is 21.6. The first-order valence-electron chi connectivity index (χ1n) is 12.0. The van der Waals surface area contributed by atoms with Crippen molar-refractivity contribution < 1.29 is 28.2 Å². The standard InChI is InChI=1S/C27H34N2O6S/c1-16-7-9-19(10-8-16)22-20-15-17(2)28-11-12-29(36(33,34)14-13-30)23(24(20)28)18(3)21(22)25(26(31)32)35-27(4,5)6/h7-10,15,25,30H,11-14H2,1-6H3,(H,31,32)/t25-/m0/s1. The number of anilines is 1. The Hall–Kier alpha value is -2.88. The first-order chi connectivity index (χ1) is 16.8. The van der Waals surface area contributed by atoms with Crippen LogP contribution in [0.2, 0.25) is 0 Å². The van der Waals surface area contributed by atoms with E-state index in [0.29, 0.717) is 23.4 Å². The number of aliphatic carboxylic acids is 1. The summed E-state index contributed by atoms with van der Waals surface area (Å²) in [5.41, 5.74) is 5.00. The van der Waals surface area contributed by atoms with Crippen molar-refractivity contribution in [3.05, 3.63) is 52.7 Å². The number of rotatable bonds is 7. The van der Waals surface area contributed by atoms with Crippen LogP contribution < -0.4 is 4.31 Å². The third-order valence-electron chi connectivity index (χ3n) is 6.59. The predicted molar refractivity (Wildman–Crippen MR) is 141 cm³/mol. The molecule has 0 unspecified atom stereocenters. The largest absolute Gasteiger partial charge is 0.479 e. The number of sulfonamides is 1. The number of carbonyl (C=O) groups is 1. The average molecular weight is 515 g/mol. The molecule has 0 bridgehead atoms. The Morgan fingerprint density at radius 1 is 1.11 bits per heavy atom. The van der Waals surface area contributed by atoms with Crippen LogP contribution in [0.3, 0.4) is 0 Å². The lowest BCUT2D eigenvalue weighted by Gasteiger charge is -2.35. The molecule has 2 heterocycles. The van der Waals surface area contributed by atoms with Crippen molar-refractivity contribution in [2.24, 2.45) is 0 Å². The number of benzene rings is 2. The average Bonchev–Trinajstić information content (AvgIpc) is 3.11. The van der Waals surface area contributed by atoms with Gasteiger partial charge in [0.05, 0.1) is 35.7 Å². The van der Waals surface area contributed by atoms with Crippen LogP contribution in [0.15, 0.2) is 30.3 Å². The summed E-state index contributed by atoms with van der Waals surface area (Å²) >= 11 is 0. The number of carboxylic acid groups (broad SMARTS) is 1. The summed E-state index contributed by atoms with van der Waals surface area (Å²) in [7, 11) is -3.83. The first kappa shape index (κ1) is 26.2. The molecule has 0 spiro atoms. The van der Waals surface area contributed by atoms with Crippen LogP contribution in [0.1, 0.15) is 49.3 Å². The molecule has 2 aromatic carbocycles. The molecule has 0 saturated heterocycles. The number of hydrogen-bond acceptors (Lipinski definition) is 5. The van der Waals surface area contributed by atoms with Gasteiger partial charge in [0.25, 0.3) is 0 Å². The topological polar surface area (TPSA) is 109 Å². The SMILES string of the molecule is Cc1ccc(-c2c([C@H](OC(C)(C)C)C(=O)O)c(C)c3c4c2cc(C)n4CCN3S(=O)(=O)CCO)cc1. The van der Waals surface area contributed by atoms with Crippen LogP contribution >= 0.6 is 0 Å². The Morgan fingerprint density at radius 2 is 1.75 bits per heavy atom. The second-order valence-corrected chi connectivity index (χ2v) is 12.4. The molecule has 36 heavy (non-hydrogen) atoms. The number of aryl methyl sites for hydroxylation is 2. The van der Waals surface area contributed by atoms with Crippen LogP contribution in [0.4, 0.5) is 5.69 Å². The molecule has 1 aromatic heterocycles. The van der Waals surface area contributed by atoms with E-state index < -0.39 is 40.1 Å². The van der Waals surface area contributed by atoms with Gasteiger partial charge in [0.15, 0.2) is 6.10 Å². The van der Waals surface area contributed by atoms with Gasteiger partial charge in [-0.3, -0.25) is 4.31 Å². The van der Waals surface area contributed by atoms with E-state index >= 15 is 0 Å². The zero-order valence-corrected chi connectivity index (χ0v) is 22.4. The summed E-state index contributed by atoms with van der Waals surface area (Å²) in [5, 5.41) is 20.6. The van der Waals surface area contributed by atoms with Gasteiger partial charge in [-0.1, -0.05) is 29.8 Å². The summed E-state index contributed by atoms with van der Waals surface area (Å²) in [4.78, 5) is 12.7. The number of aliphatic hydroxyl groups is 1. The molecular formula is C27H34N2O6S. The molecule has 8 nitrogen and oxygen atoms in total. The van der Waals surface area contributed by atoms with Gasteiger partial charge in [0.2, 0.25) is 10.0 Å². The normalized spacial score (nSPS) is 14.9. The Labute approximate surface area is 212 Å². The lowest BCUT2D eigenvalue weighted by atomic mass is 9.87. The van der Waals surface area contributed by atoms with E-state index in [1.54, 1.807) is 27.7 Å². The van der Waals surface area contributed by atoms with Gasteiger partial charge in [0, 0.05) is 23.2 Å². The highest BCUT2D eigenvalue weighted by molar-refractivity contribution is 7.92. The van der Waals surface area contributed by atoms with Gasteiger partial charge < -0.3 is 19.5 Å². The number of nitrogens with zero attached hydrogens (tertiary/aromatic N) is 2. The third-order valence-corrected chi connectivity index (χ3v) is 8.32. The molecule has 0 aliphatic carbocycles. The van der Waals surface area contributed by atoms with Gasteiger partial charge in [0.1, 0.15) is 0 Å². The summed E-state index contributed by atoms with van der Waals surface area (Å²) in [6, 6.07) is 9.86. The maximum Gasteiger partial charge on any atom is 0.337 e. The van der Waals surface area contributed by atoms with Crippen molar-refractivity contribution in [1.29, 1.82) is 0 Å². The van der Waals surface area contributed by atoms with Gasteiger partial charge in [-0.25, -0.2) is 13.2 Å². The maximum atomic E-state index is 13.2. The molecule has 194 valence electrons. The van der Waals surface area contributed by atoms with Crippen molar-refractivity contribution in [3.63, 3.8) is 0 Å². The second kappa shape index (κ2) is 9.21. The zero-order chi connectivity index (χ0) is 26.6. The van der Waals surface area contributed by atoms with Crippen LogP contribution in [-0.4, -0.2) is 53.7 Å². The number of carboxylic acids is 1. The molecule has 1 aliphatic rings. The molecular weight excluding hydrogens is 480 g/mol. The molecule has 0 fully saturated rings. The summed E-state index contributed by atoms with van der Waals surface area (Å²) < 4.78 is 36.0. The molecule has 1 atom stereocenters. The van der Waals surface area contributed by atoms with Crippen LogP contribution in [0.25, 0.3) is 22.0 Å². The number of aromatic nitrogens is 1. The predicted octanol–water partition coefficient (Wildman–Crippen LogP) is 4.32. The Kier molecular flexibility index (Phi) is 6.70. The molecule has 0 radical (unpaired) electrons. The van der Waals surface area contributed by atoms with Gasteiger partial charge in [-0.2, -0.15) is 0 Å². The minimum absolute atomic E-state index is 0.196. The quantitative estimate of drug-likeness (QED) is 0.486. The monoisotopic (exact) mass is 514 g/mol. The van der Waals surface area contributed by atoms with Crippen molar-refractivity contribution in [2.75, 3.05) is 23.2 Å². The number of ether oxygens (including phenoxy) is 1. The maximum absolute atomic E-state index is 13.2. The van der Waals surface area contributed by atoms with E-state index in [1.807, 2.05) is 44.2 Å². The minimum atomic E-state index is -3.83. The molecule has 3 aromatic rings. The van der Waals surface area contributed by atoms with E-state index in [9.17, 15) is 23.4 Å². The summed E-state index contributed by atoms with van der Waals surface area (Å²) in [6.45, 7) is 11.3. The van der Waals surface area contributed by atoms with E-state index in [1.165, 1.54) is 4.31 Å². The highest BCUT2D eigenvalue weighted by atomic mass is 32.2. The van der Waals surface area contributed by atoms with Crippen molar-refractivity contribution in [1.82, 2.24) is 4.57 Å². The molecule has 0 amide bonds. The van der Waals surface area contributed by atoms with Gasteiger partial charge >= 0.3 is 5.97 Å². The first-order valence-corrected chi connectivity index (χ1v) is 13.6. The van der Waals surface area contributed by atoms with E-state index in [-0.39, 0.29) is 6.54 Å². The van der Waals surface area contributed by atoms with Gasteiger partial charge in [-0.15, -0.1) is 0 Å². The fourth-order valence-electron chi connectivity index (χ4n) is 5.11. The Balaban J connectivity index is 2.18. The third kappa shape index (κ3) is 4.51. The van der Waals surface area contributed by atoms with Crippen LogP contribution in [0.5, 0.6) is 0 Å². The summed E-state index contributed by atoms with van der Waals surface area (Å²) in [6.07, 6.45) is -1.32. The fraction of sp³-hybridized carbons (Fsp3) is 0.444. The van der Waals surface area contributed by atoms with Crippen LogP contribution in [0, 0.1) is 20.8 Å². The summed E-state index contributed by atoms with van der Waals surface area (Å²) in [5.74, 6) is -1.56. The van der Waals surface area contributed by atoms with Crippen molar-refractivity contribution in [2.45, 2.75) is 59.8 Å². The Bertz CT molecular complexity index is 1430. The minimum Gasteiger partial charge on any atom is -0.479 e. The molecule has 2 N–H and O–H groups in total. The smallest absolute Gasteiger partial charge is 0.337 e. The van der Waals surface area contributed by atoms with Gasteiger partial charge in [-0.05, 0) is 64.3 Å². The van der Waals surface area contributed by atoms with E-state index in [2.05, 4.69) is 4.57 Å². The number of aliphatic hydroxyl groups excluding tert-OH is 1. The lowest BCUT2D eigenvalue weighted by Crippen LogP contribution is -2.40. The fourth-order valence-corrected chi connectivity index (χ4v) is 6.42. The molecule has 0 saturated carbocycles. The molecule has 9 heteroatoms. The van der Waals surface area contributed by atoms with Crippen molar-refractivity contribution >= 4 is 32.6 Å². The lowest BCUT2D eigenvalue weighted by molar-refractivity contribution is -0.160. The van der Waals surface area contributed by atoms with Crippen molar-refractivity contribution in [3.8, 4) is 11.1 Å². The highest BCUT2D eigenvalue weighted by Gasteiger charge is 2.38. The molecule has 4 rings (SSSR count). The molecule has 1 aliphatic heterocycles. The second-order valence-electron chi connectivity index (χ2n) is 10.4. The Morgan fingerprint density at radius 3 is 2.31 bits per heavy atom. The van der Waals surface area contributed by atoms with E-state index in [0.717, 1.165) is 33.3 Å². The highest BCUT2D eigenvalue weighted by Crippen LogP contribution is 2.48. The van der Waals surface area contributed by atoms with Crippen LogP contribution in [-0.2, 0) is 26.1 Å². The number of hydrogen-bond donors (Lipinski definition) is 2. The van der Waals surface area contributed by atoms with E-state index in [4.69, 9.17) is 4.74 Å².